The molecule has 0 saturated carbocycles. The van der Waals surface area contributed by atoms with Gasteiger partial charge in [0, 0.05) is 18.9 Å². The zero-order valence-corrected chi connectivity index (χ0v) is 26.0. The highest BCUT2D eigenvalue weighted by molar-refractivity contribution is 6.11. The summed E-state index contributed by atoms with van der Waals surface area (Å²) in [5.74, 6) is 0.501. The monoisotopic (exact) mass is 568 g/mol. The van der Waals surface area contributed by atoms with Crippen molar-refractivity contribution >= 4 is 17.5 Å². The second-order valence-electron chi connectivity index (χ2n) is 13.1. The Bertz CT molecular complexity index is 1400. The highest BCUT2D eigenvalue weighted by Gasteiger charge is 2.42. The average Bonchev–Trinajstić information content (AvgIpc) is 3.15. The van der Waals surface area contributed by atoms with E-state index in [9.17, 15) is 9.59 Å². The number of benzene rings is 2. The predicted octanol–water partition coefficient (Wildman–Crippen LogP) is 6.60. The molecule has 42 heavy (non-hydrogen) atoms. The molecule has 4 rings (SSSR count). The average molecular weight is 569 g/mol. The van der Waals surface area contributed by atoms with Crippen LogP contribution in [0.3, 0.4) is 0 Å². The maximum atomic E-state index is 13.2. The minimum atomic E-state index is -1.02. The first-order chi connectivity index (χ1) is 19.8. The zero-order chi connectivity index (χ0) is 30.5. The van der Waals surface area contributed by atoms with Gasteiger partial charge in [-0.05, 0) is 98.9 Å². The van der Waals surface area contributed by atoms with Gasteiger partial charge in [0.05, 0.1) is 17.7 Å². The Labute approximate surface area is 250 Å². The van der Waals surface area contributed by atoms with E-state index in [4.69, 9.17) is 9.84 Å². The van der Waals surface area contributed by atoms with Gasteiger partial charge < -0.3 is 10.1 Å². The topological polar surface area (TPSA) is 83.9 Å². The summed E-state index contributed by atoms with van der Waals surface area (Å²) in [6, 6.07) is 20.1. The van der Waals surface area contributed by atoms with Gasteiger partial charge in [-0.15, -0.1) is 0 Å². The molecule has 1 aromatic heterocycles. The lowest BCUT2D eigenvalue weighted by molar-refractivity contribution is -0.135. The maximum absolute atomic E-state index is 13.2. The number of ether oxygens (including phenoxy) is 1. The number of hydrogen-bond donors (Lipinski definition) is 1. The van der Waals surface area contributed by atoms with Gasteiger partial charge in [0.2, 0.25) is 0 Å². The number of nitrogens with one attached hydrogen (secondary N) is 1. The number of rotatable bonds is 11. The van der Waals surface area contributed by atoms with E-state index >= 15 is 0 Å². The number of aryl methyl sites for hydroxylation is 1. The van der Waals surface area contributed by atoms with E-state index in [1.165, 1.54) is 11.1 Å². The summed E-state index contributed by atoms with van der Waals surface area (Å²) in [5.41, 5.74) is 3.90. The molecular formula is C35H44N4O3. The first-order valence-electron chi connectivity index (χ1n) is 14.7. The Morgan fingerprint density at radius 3 is 2.10 bits per heavy atom. The van der Waals surface area contributed by atoms with Gasteiger partial charge in [-0.25, -0.2) is 5.01 Å². The number of aromatic nitrogens is 1. The molecule has 2 heterocycles. The Hall–Kier alpha value is -4.00. The van der Waals surface area contributed by atoms with Gasteiger partial charge in [-0.2, -0.15) is 5.10 Å². The molecular weight excluding hydrogens is 524 g/mol. The van der Waals surface area contributed by atoms with Crippen molar-refractivity contribution in [2.75, 3.05) is 0 Å². The van der Waals surface area contributed by atoms with Crippen LogP contribution >= 0.6 is 0 Å². The largest absolute Gasteiger partial charge is 0.478 e. The van der Waals surface area contributed by atoms with Crippen molar-refractivity contribution in [2.45, 2.75) is 91.8 Å². The van der Waals surface area contributed by atoms with E-state index in [0.717, 1.165) is 36.1 Å². The highest BCUT2D eigenvalue weighted by Crippen LogP contribution is 2.32. The van der Waals surface area contributed by atoms with Crippen LogP contribution in [0.15, 0.2) is 78.2 Å². The number of hydrazone groups is 1. The maximum Gasteiger partial charge on any atom is 0.263 e. The van der Waals surface area contributed by atoms with Crippen molar-refractivity contribution in [3.63, 3.8) is 0 Å². The second-order valence-corrected chi connectivity index (χ2v) is 13.1. The third-order valence-corrected chi connectivity index (χ3v) is 7.81. The second kappa shape index (κ2) is 12.5. The van der Waals surface area contributed by atoms with Crippen molar-refractivity contribution in [2.24, 2.45) is 10.5 Å². The SMILES string of the molecule is CC(C)(Oc1ccc(CCCC2=NN(Cc3ccc(C(C)(C)C)cc3)C(=O)C2(C)C)cc1)C(=O)NCc1ccncc1. The molecule has 7 heteroatoms. The number of carbonyl (C=O) groups is 2. The minimum absolute atomic E-state index is 0.0475. The van der Waals surface area contributed by atoms with E-state index in [-0.39, 0.29) is 17.2 Å². The summed E-state index contributed by atoms with van der Waals surface area (Å²) in [4.78, 5) is 29.9. The van der Waals surface area contributed by atoms with E-state index < -0.39 is 11.0 Å². The molecule has 0 aliphatic carbocycles. The van der Waals surface area contributed by atoms with E-state index in [0.29, 0.717) is 18.8 Å². The Morgan fingerprint density at radius 2 is 1.48 bits per heavy atom. The summed E-state index contributed by atoms with van der Waals surface area (Å²) >= 11 is 0. The van der Waals surface area contributed by atoms with Crippen LogP contribution in [0, 0.1) is 5.41 Å². The van der Waals surface area contributed by atoms with Crippen molar-refractivity contribution in [3.05, 3.63) is 95.3 Å². The molecule has 0 spiro atoms. The standard InChI is InChI=1S/C35H44N4O3/c1-33(2,3)28-15-11-27(12-16-28)24-39-32(41)34(4,5)30(38-39)10-8-9-25-13-17-29(18-14-25)42-35(6,7)31(40)37-23-26-19-21-36-22-20-26/h11-22H,8-10,23-24H2,1-7H3,(H,37,40). The zero-order valence-electron chi connectivity index (χ0n) is 26.0. The molecule has 0 bridgehead atoms. The van der Waals surface area contributed by atoms with Crippen LogP contribution in [0.25, 0.3) is 0 Å². The molecule has 0 radical (unpaired) electrons. The van der Waals surface area contributed by atoms with Gasteiger partial charge in [-0.1, -0.05) is 57.2 Å². The number of pyridine rings is 1. The van der Waals surface area contributed by atoms with Crippen molar-refractivity contribution < 1.29 is 14.3 Å². The Morgan fingerprint density at radius 1 is 0.857 bits per heavy atom. The fourth-order valence-corrected chi connectivity index (χ4v) is 4.94. The van der Waals surface area contributed by atoms with Crippen LogP contribution in [0.4, 0.5) is 0 Å². The minimum Gasteiger partial charge on any atom is -0.478 e. The quantitative estimate of drug-likeness (QED) is 0.282. The van der Waals surface area contributed by atoms with Gasteiger partial charge in [0.15, 0.2) is 5.60 Å². The van der Waals surface area contributed by atoms with Crippen LogP contribution in [0.2, 0.25) is 0 Å². The fraction of sp³-hybridized carbons (Fsp3) is 0.429. The van der Waals surface area contributed by atoms with Crippen LogP contribution in [-0.2, 0) is 34.5 Å². The molecule has 2 amide bonds. The summed E-state index contributed by atoms with van der Waals surface area (Å²) < 4.78 is 6.03. The van der Waals surface area contributed by atoms with Gasteiger partial charge in [0.25, 0.3) is 11.8 Å². The van der Waals surface area contributed by atoms with E-state index in [1.54, 1.807) is 31.3 Å². The highest BCUT2D eigenvalue weighted by atomic mass is 16.5. The third kappa shape index (κ3) is 7.64. The first-order valence-corrected chi connectivity index (χ1v) is 14.7. The summed E-state index contributed by atoms with van der Waals surface area (Å²) in [7, 11) is 0. The smallest absolute Gasteiger partial charge is 0.263 e. The van der Waals surface area contributed by atoms with E-state index in [1.807, 2.05) is 50.2 Å². The molecule has 0 atom stereocenters. The Kier molecular flexibility index (Phi) is 9.19. The summed E-state index contributed by atoms with van der Waals surface area (Å²) in [5, 5.41) is 9.32. The van der Waals surface area contributed by atoms with Gasteiger partial charge in [-0.3, -0.25) is 14.6 Å². The molecule has 3 aromatic rings. The van der Waals surface area contributed by atoms with E-state index in [2.05, 4.69) is 55.3 Å². The molecule has 1 aliphatic heterocycles. The third-order valence-electron chi connectivity index (χ3n) is 7.81. The molecule has 222 valence electrons. The first kappa shape index (κ1) is 30.9. The van der Waals surface area contributed by atoms with Gasteiger partial charge in [0.1, 0.15) is 5.75 Å². The lowest BCUT2D eigenvalue weighted by Crippen LogP contribution is -2.46. The molecule has 0 fully saturated rings. The van der Waals surface area contributed by atoms with Gasteiger partial charge >= 0.3 is 0 Å². The number of amides is 2. The van der Waals surface area contributed by atoms with Crippen LogP contribution < -0.4 is 10.1 Å². The number of nitrogens with zero attached hydrogens (tertiary/aromatic N) is 3. The lowest BCUT2D eigenvalue weighted by atomic mass is 9.84. The van der Waals surface area contributed by atoms with Crippen LogP contribution in [0.5, 0.6) is 5.75 Å². The predicted molar refractivity (Wildman–Crippen MR) is 167 cm³/mol. The fourth-order valence-electron chi connectivity index (χ4n) is 4.94. The van der Waals surface area contributed by atoms with Crippen LogP contribution in [0.1, 0.15) is 83.6 Å². The van der Waals surface area contributed by atoms with Crippen molar-refractivity contribution in [3.8, 4) is 5.75 Å². The summed E-state index contributed by atoms with van der Waals surface area (Å²) in [6.45, 7) is 15.0. The molecule has 1 aliphatic rings. The molecule has 0 unspecified atom stereocenters. The molecule has 7 nitrogen and oxygen atoms in total. The summed E-state index contributed by atoms with van der Waals surface area (Å²) in [6.07, 6.45) is 5.89. The lowest BCUT2D eigenvalue weighted by Gasteiger charge is -2.25. The normalized spacial score (nSPS) is 15.0. The number of hydrogen-bond acceptors (Lipinski definition) is 5. The Balaban J connectivity index is 1.28. The molecule has 2 aromatic carbocycles. The van der Waals surface area contributed by atoms with Crippen molar-refractivity contribution in [1.29, 1.82) is 0 Å². The van der Waals surface area contributed by atoms with Crippen molar-refractivity contribution in [1.82, 2.24) is 15.3 Å². The van der Waals surface area contributed by atoms with Crippen LogP contribution in [-0.4, -0.2) is 33.1 Å². The molecule has 1 N–H and O–H groups in total. The number of carbonyl (C=O) groups excluding carboxylic acids is 2. The molecule has 0 saturated heterocycles.